The van der Waals surface area contributed by atoms with E-state index >= 15 is 0 Å². The first-order chi connectivity index (χ1) is 14.8. The summed E-state index contributed by atoms with van der Waals surface area (Å²) in [4.78, 5) is 48.3. The number of rotatable bonds is 18. The minimum Gasteiger partial charge on any atom is -0.480 e. The molecule has 11 nitrogen and oxygen atoms in total. The number of nitrogens with two attached hydrogens (primary N) is 3. The Morgan fingerprint density at radius 2 is 1.39 bits per heavy atom. The van der Waals surface area contributed by atoms with Crippen LogP contribution in [0.5, 0.6) is 0 Å². The van der Waals surface area contributed by atoms with Crippen molar-refractivity contribution in [3.05, 3.63) is 0 Å². The number of carboxylic acids is 1. The Morgan fingerprint density at radius 3 is 1.94 bits per heavy atom. The van der Waals surface area contributed by atoms with Crippen molar-refractivity contribution < 1.29 is 24.3 Å². The van der Waals surface area contributed by atoms with Gasteiger partial charge in [0.05, 0.1) is 6.04 Å². The van der Waals surface area contributed by atoms with Gasteiger partial charge < -0.3 is 38.3 Å². The van der Waals surface area contributed by atoms with Crippen molar-refractivity contribution in [1.82, 2.24) is 16.0 Å². The molecule has 0 saturated carbocycles. The van der Waals surface area contributed by atoms with Crippen LogP contribution in [0.25, 0.3) is 0 Å². The summed E-state index contributed by atoms with van der Waals surface area (Å²) in [7, 11) is 0. The third-order valence-corrected chi connectivity index (χ3v) is 5.19. The Hall–Kier alpha value is -1.89. The molecule has 0 aliphatic heterocycles. The summed E-state index contributed by atoms with van der Waals surface area (Å²) in [5.41, 5.74) is 16.8. The minimum absolute atomic E-state index is 0.302. The van der Waals surface area contributed by atoms with Gasteiger partial charge in [0.2, 0.25) is 17.7 Å². The van der Waals surface area contributed by atoms with Crippen LogP contribution < -0.4 is 33.2 Å². The Balaban J connectivity index is 5.09. The molecule has 10 N–H and O–H groups in total. The molecule has 31 heavy (non-hydrogen) atoms. The van der Waals surface area contributed by atoms with Crippen LogP contribution in [0.3, 0.4) is 0 Å². The topological polar surface area (TPSA) is 203 Å². The van der Waals surface area contributed by atoms with Crippen LogP contribution >= 0.6 is 11.8 Å². The summed E-state index contributed by atoms with van der Waals surface area (Å²) in [6, 6.07) is -2.54. The van der Waals surface area contributed by atoms with E-state index in [4.69, 9.17) is 22.3 Å². The van der Waals surface area contributed by atoms with Gasteiger partial charge in [0, 0.05) is 0 Å². The third kappa shape index (κ3) is 13.9. The maximum Gasteiger partial charge on any atom is 0.322 e. The zero-order chi connectivity index (χ0) is 23.6. The Morgan fingerprint density at radius 1 is 0.839 bits per heavy atom. The molecule has 0 aromatic carbocycles. The molecule has 3 amide bonds. The fraction of sp³-hybridized carbons (Fsp3) is 0.789. The first-order valence-electron chi connectivity index (χ1n) is 10.5. The van der Waals surface area contributed by atoms with Crippen LogP contribution in [-0.4, -0.2) is 78.6 Å². The highest BCUT2D eigenvalue weighted by atomic mass is 32.2. The molecule has 3 atom stereocenters. The highest BCUT2D eigenvalue weighted by Gasteiger charge is 2.27. The molecule has 0 heterocycles. The Labute approximate surface area is 188 Å². The monoisotopic (exact) mass is 462 g/mol. The summed E-state index contributed by atoms with van der Waals surface area (Å²) in [6.07, 6.45) is 5.70. The number of carbonyl (C=O) groups is 4. The number of carbonyl (C=O) groups excluding carboxylic acids is 3. The molecule has 12 heteroatoms. The van der Waals surface area contributed by atoms with Gasteiger partial charge in [-0.1, -0.05) is 6.42 Å². The summed E-state index contributed by atoms with van der Waals surface area (Å²) < 4.78 is 0. The second-order valence-electron chi connectivity index (χ2n) is 7.19. The number of carboxylic acid groups (broad SMARTS) is 1. The molecule has 0 aliphatic carbocycles. The van der Waals surface area contributed by atoms with Gasteiger partial charge in [0.1, 0.15) is 18.6 Å². The molecule has 0 aromatic rings. The SMILES string of the molecule is CSCCC(NC(=O)C(N)CCCCN)C(=O)NC(CCCCN)C(=O)NCC(=O)O. The lowest BCUT2D eigenvalue weighted by atomic mass is 10.1. The molecular formula is C19H38N6O5S. The van der Waals surface area contributed by atoms with Crippen molar-refractivity contribution in [3.63, 3.8) is 0 Å². The number of amides is 3. The third-order valence-electron chi connectivity index (χ3n) is 4.54. The van der Waals surface area contributed by atoms with Crippen LogP contribution in [0.4, 0.5) is 0 Å². The van der Waals surface area contributed by atoms with Gasteiger partial charge in [-0.15, -0.1) is 0 Å². The zero-order valence-electron chi connectivity index (χ0n) is 18.2. The lowest BCUT2D eigenvalue weighted by Gasteiger charge is -2.24. The van der Waals surface area contributed by atoms with Gasteiger partial charge in [-0.3, -0.25) is 19.2 Å². The predicted molar refractivity (Wildman–Crippen MR) is 121 cm³/mol. The van der Waals surface area contributed by atoms with Crippen molar-refractivity contribution in [2.45, 2.75) is 63.1 Å². The fourth-order valence-corrected chi connectivity index (χ4v) is 3.21. The number of hydrogen-bond donors (Lipinski definition) is 7. The molecule has 0 rings (SSSR count). The maximum atomic E-state index is 12.8. The van der Waals surface area contributed by atoms with E-state index in [0.29, 0.717) is 57.4 Å². The fourth-order valence-electron chi connectivity index (χ4n) is 2.74. The second-order valence-corrected chi connectivity index (χ2v) is 8.18. The molecule has 0 radical (unpaired) electrons. The molecule has 0 saturated heterocycles. The molecule has 180 valence electrons. The highest BCUT2D eigenvalue weighted by Crippen LogP contribution is 2.06. The molecule has 0 fully saturated rings. The van der Waals surface area contributed by atoms with Crippen molar-refractivity contribution in [3.8, 4) is 0 Å². The van der Waals surface area contributed by atoms with E-state index in [9.17, 15) is 19.2 Å². The van der Waals surface area contributed by atoms with Gasteiger partial charge in [0.25, 0.3) is 0 Å². The van der Waals surface area contributed by atoms with Crippen LogP contribution in [0.15, 0.2) is 0 Å². The van der Waals surface area contributed by atoms with E-state index in [1.54, 1.807) is 0 Å². The van der Waals surface area contributed by atoms with E-state index in [1.165, 1.54) is 11.8 Å². The second kappa shape index (κ2) is 17.8. The quantitative estimate of drug-likeness (QED) is 0.118. The Kier molecular flexibility index (Phi) is 16.7. The van der Waals surface area contributed by atoms with E-state index in [-0.39, 0.29) is 0 Å². The summed E-state index contributed by atoms with van der Waals surface area (Å²) >= 11 is 1.52. The first kappa shape index (κ1) is 29.1. The number of thioether (sulfide) groups is 1. The van der Waals surface area contributed by atoms with E-state index < -0.39 is 48.4 Å². The van der Waals surface area contributed by atoms with Crippen LogP contribution in [-0.2, 0) is 19.2 Å². The summed E-state index contributed by atoms with van der Waals surface area (Å²) in [6.45, 7) is 0.404. The van der Waals surface area contributed by atoms with Gasteiger partial charge in [0.15, 0.2) is 0 Å². The Bertz CT molecular complexity index is 566. The lowest BCUT2D eigenvalue weighted by Crippen LogP contribution is -2.56. The summed E-state index contributed by atoms with van der Waals surface area (Å²) in [5.74, 6) is -2.12. The smallest absolute Gasteiger partial charge is 0.322 e. The average Bonchev–Trinajstić information content (AvgIpc) is 2.73. The van der Waals surface area contributed by atoms with Crippen LogP contribution in [0.1, 0.15) is 44.9 Å². The minimum atomic E-state index is -1.19. The van der Waals surface area contributed by atoms with Gasteiger partial charge >= 0.3 is 5.97 Å². The van der Waals surface area contributed by atoms with Gasteiger partial charge in [-0.05, 0) is 63.6 Å². The van der Waals surface area contributed by atoms with Crippen molar-refractivity contribution in [2.75, 3.05) is 31.6 Å². The molecular weight excluding hydrogens is 424 g/mol. The van der Waals surface area contributed by atoms with Crippen LogP contribution in [0, 0.1) is 0 Å². The number of hydrogen-bond acceptors (Lipinski definition) is 8. The molecule has 0 aliphatic rings. The predicted octanol–water partition coefficient (Wildman–Crippen LogP) is -1.50. The zero-order valence-corrected chi connectivity index (χ0v) is 19.0. The highest BCUT2D eigenvalue weighted by molar-refractivity contribution is 7.98. The summed E-state index contributed by atoms with van der Waals surface area (Å²) in [5, 5.41) is 16.4. The number of nitrogens with one attached hydrogen (secondary N) is 3. The van der Waals surface area contributed by atoms with E-state index in [0.717, 1.165) is 6.42 Å². The number of unbranched alkanes of at least 4 members (excludes halogenated alkanes) is 2. The normalized spacial score (nSPS) is 13.7. The van der Waals surface area contributed by atoms with Gasteiger partial charge in [-0.25, -0.2) is 0 Å². The molecule has 0 spiro atoms. The number of aliphatic carboxylic acids is 1. The van der Waals surface area contributed by atoms with Crippen LogP contribution in [0.2, 0.25) is 0 Å². The van der Waals surface area contributed by atoms with Gasteiger partial charge in [-0.2, -0.15) is 11.8 Å². The molecule has 3 unspecified atom stereocenters. The average molecular weight is 463 g/mol. The lowest BCUT2D eigenvalue weighted by molar-refractivity contribution is -0.138. The van der Waals surface area contributed by atoms with Crippen molar-refractivity contribution in [1.29, 1.82) is 0 Å². The maximum absolute atomic E-state index is 12.8. The van der Waals surface area contributed by atoms with Crippen molar-refractivity contribution in [2.24, 2.45) is 17.2 Å². The van der Waals surface area contributed by atoms with E-state index in [2.05, 4.69) is 16.0 Å². The standard InChI is InChI=1S/C19H38N6O5S/c1-31-11-8-15(24-17(28)13(22)6-2-4-9-20)19(30)25-14(7-3-5-10-21)18(29)23-12-16(26)27/h13-15H,2-12,20-22H2,1H3,(H,23,29)(H,24,28)(H,25,30)(H,26,27). The van der Waals surface area contributed by atoms with E-state index in [1.807, 2.05) is 6.26 Å². The molecule has 0 aromatic heterocycles. The first-order valence-corrected chi connectivity index (χ1v) is 11.9. The van der Waals surface area contributed by atoms with Crippen molar-refractivity contribution >= 4 is 35.5 Å². The molecule has 0 bridgehead atoms. The largest absolute Gasteiger partial charge is 0.480 e.